The number of carbonyl (C=O) groups is 3. The summed E-state index contributed by atoms with van der Waals surface area (Å²) in [6.45, 7) is 6.35. The molecule has 0 fully saturated rings. The molecule has 3 amide bonds. The molecular weight excluding hydrogens is 422 g/mol. The summed E-state index contributed by atoms with van der Waals surface area (Å²) < 4.78 is 10.7. The first-order valence-corrected chi connectivity index (χ1v) is 11.0. The Balaban J connectivity index is 1.52. The van der Waals surface area contributed by atoms with Crippen molar-refractivity contribution in [3.8, 4) is 5.75 Å². The van der Waals surface area contributed by atoms with Crippen molar-refractivity contribution in [1.82, 2.24) is 10.2 Å². The maximum absolute atomic E-state index is 12.9. The molecule has 1 unspecified atom stereocenters. The monoisotopic (exact) mass is 449 g/mol. The Morgan fingerprint density at radius 1 is 1.15 bits per heavy atom. The summed E-state index contributed by atoms with van der Waals surface area (Å²) in [5.41, 5.74) is 3.29. The highest BCUT2D eigenvalue weighted by molar-refractivity contribution is 6.00. The minimum Gasteiger partial charge on any atom is -0.494 e. The third kappa shape index (κ3) is 4.69. The van der Waals surface area contributed by atoms with Gasteiger partial charge >= 0.3 is 12.0 Å². The second kappa shape index (κ2) is 9.36. The lowest BCUT2D eigenvalue weighted by Gasteiger charge is -2.32. The zero-order valence-electron chi connectivity index (χ0n) is 18.9. The molecule has 2 aliphatic heterocycles. The third-order valence-electron chi connectivity index (χ3n) is 5.69. The topological polar surface area (TPSA) is 97.0 Å². The summed E-state index contributed by atoms with van der Waals surface area (Å²) in [5, 5.41) is 5.64. The van der Waals surface area contributed by atoms with Crippen LogP contribution in [-0.4, -0.2) is 42.6 Å². The minimum atomic E-state index is -0.652. The summed E-state index contributed by atoms with van der Waals surface area (Å²) >= 11 is 0. The van der Waals surface area contributed by atoms with Crippen molar-refractivity contribution < 1.29 is 23.9 Å². The minimum absolute atomic E-state index is 0.0501. The van der Waals surface area contributed by atoms with Crippen molar-refractivity contribution in [3.63, 3.8) is 0 Å². The first-order chi connectivity index (χ1) is 15.9. The lowest BCUT2D eigenvalue weighted by atomic mass is 9.95. The van der Waals surface area contributed by atoms with Crippen molar-refractivity contribution in [2.75, 3.05) is 25.1 Å². The first-order valence-electron chi connectivity index (χ1n) is 11.0. The number of anilines is 1. The van der Waals surface area contributed by atoms with Gasteiger partial charge in [-0.15, -0.1) is 0 Å². The van der Waals surface area contributed by atoms with E-state index < -0.39 is 18.0 Å². The van der Waals surface area contributed by atoms with Gasteiger partial charge in [0.25, 0.3) is 0 Å². The highest BCUT2D eigenvalue weighted by Crippen LogP contribution is 2.35. The lowest BCUT2D eigenvalue weighted by molar-refractivity contribution is -0.136. The van der Waals surface area contributed by atoms with E-state index in [2.05, 4.69) is 24.5 Å². The number of cyclic esters (lactones) is 1. The summed E-state index contributed by atoms with van der Waals surface area (Å²) in [6, 6.07) is 13.6. The Morgan fingerprint density at radius 2 is 1.85 bits per heavy atom. The van der Waals surface area contributed by atoms with Crippen LogP contribution >= 0.6 is 0 Å². The van der Waals surface area contributed by atoms with Gasteiger partial charge < -0.3 is 20.1 Å². The van der Waals surface area contributed by atoms with E-state index in [-0.39, 0.29) is 19.1 Å². The number of hydrogen-bond acceptors (Lipinski definition) is 5. The van der Waals surface area contributed by atoms with Gasteiger partial charge in [0.2, 0.25) is 5.91 Å². The van der Waals surface area contributed by atoms with Crippen LogP contribution in [0.5, 0.6) is 5.75 Å². The van der Waals surface area contributed by atoms with E-state index in [1.54, 1.807) is 24.3 Å². The number of hydrogen-bond donors (Lipinski definition) is 2. The van der Waals surface area contributed by atoms with Crippen LogP contribution in [0, 0.1) is 0 Å². The molecule has 172 valence electrons. The molecule has 0 radical (unpaired) electrons. The van der Waals surface area contributed by atoms with Crippen molar-refractivity contribution >= 4 is 23.6 Å². The van der Waals surface area contributed by atoms with Gasteiger partial charge in [-0.1, -0.05) is 38.1 Å². The maximum atomic E-state index is 12.9. The highest BCUT2D eigenvalue weighted by atomic mass is 16.5. The molecule has 0 bridgehead atoms. The molecule has 33 heavy (non-hydrogen) atoms. The van der Waals surface area contributed by atoms with Crippen LogP contribution in [-0.2, 0) is 14.3 Å². The SMILES string of the molecule is CCOc1ccc(C2NC(=O)N(CC(=O)Nc3ccc(C(C)C)cc3)C3=C2C(=O)OC3)cc1. The molecule has 1 atom stereocenters. The van der Waals surface area contributed by atoms with Crippen molar-refractivity contribution in [1.29, 1.82) is 0 Å². The molecule has 0 aliphatic carbocycles. The molecule has 2 N–H and O–H groups in total. The Kier molecular flexibility index (Phi) is 6.35. The molecular formula is C25H27N3O5. The van der Waals surface area contributed by atoms with Crippen LogP contribution in [0.2, 0.25) is 0 Å². The number of rotatable bonds is 7. The molecule has 2 aromatic rings. The summed E-state index contributed by atoms with van der Waals surface area (Å²) in [5.74, 6) is 0.221. The Labute approximate surface area is 192 Å². The van der Waals surface area contributed by atoms with E-state index in [1.165, 1.54) is 10.5 Å². The van der Waals surface area contributed by atoms with Crippen LogP contribution in [0.4, 0.5) is 10.5 Å². The van der Waals surface area contributed by atoms with Crippen molar-refractivity contribution in [3.05, 3.63) is 70.9 Å². The zero-order valence-corrected chi connectivity index (χ0v) is 18.9. The molecule has 2 aliphatic rings. The van der Waals surface area contributed by atoms with E-state index >= 15 is 0 Å². The normalized spacial score (nSPS) is 17.6. The van der Waals surface area contributed by atoms with Gasteiger partial charge in [-0.05, 0) is 48.2 Å². The quantitative estimate of drug-likeness (QED) is 0.628. The Hall–Kier alpha value is -3.81. The lowest BCUT2D eigenvalue weighted by Crippen LogP contribution is -2.49. The number of carbonyl (C=O) groups excluding carboxylic acids is 3. The van der Waals surface area contributed by atoms with E-state index in [4.69, 9.17) is 9.47 Å². The molecule has 0 saturated carbocycles. The second-order valence-corrected chi connectivity index (χ2v) is 8.23. The second-order valence-electron chi connectivity index (χ2n) is 8.23. The average Bonchev–Trinajstić information content (AvgIpc) is 3.18. The summed E-state index contributed by atoms with van der Waals surface area (Å²) in [7, 11) is 0. The van der Waals surface area contributed by atoms with E-state index in [0.29, 0.717) is 35.2 Å². The maximum Gasteiger partial charge on any atom is 0.338 e. The van der Waals surface area contributed by atoms with Gasteiger partial charge in [0.1, 0.15) is 18.9 Å². The fourth-order valence-corrected chi connectivity index (χ4v) is 3.95. The predicted octanol–water partition coefficient (Wildman–Crippen LogP) is 3.72. The fraction of sp³-hybridized carbons (Fsp3) is 0.320. The van der Waals surface area contributed by atoms with Crippen LogP contribution in [0.25, 0.3) is 0 Å². The molecule has 8 nitrogen and oxygen atoms in total. The van der Waals surface area contributed by atoms with Crippen LogP contribution in [0.1, 0.15) is 43.9 Å². The third-order valence-corrected chi connectivity index (χ3v) is 5.69. The number of esters is 1. The number of urea groups is 1. The number of amides is 3. The molecule has 0 saturated heterocycles. The van der Waals surface area contributed by atoms with Gasteiger partial charge in [0.15, 0.2) is 0 Å². The number of nitrogens with one attached hydrogen (secondary N) is 2. The predicted molar refractivity (Wildman–Crippen MR) is 123 cm³/mol. The van der Waals surface area contributed by atoms with E-state index in [1.807, 2.05) is 31.2 Å². The van der Waals surface area contributed by atoms with Crippen molar-refractivity contribution in [2.24, 2.45) is 0 Å². The standard InChI is InChI=1S/C25H27N3O5/c1-4-32-19-11-7-17(8-12-19)23-22-20(14-33-24(22)30)28(25(31)27-23)13-21(29)26-18-9-5-16(6-10-18)15(2)3/h5-12,15,23H,4,13-14H2,1-3H3,(H,26,29)(H,27,31). The Bertz CT molecular complexity index is 1090. The number of ether oxygens (including phenoxy) is 2. The molecule has 8 heteroatoms. The Morgan fingerprint density at radius 3 is 2.48 bits per heavy atom. The van der Waals surface area contributed by atoms with E-state index in [9.17, 15) is 14.4 Å². The number of benzene rings is 2. The van der Waals surface area contributed by atoms with Gasteiger partial charge in [-0.25, -0.2) is 9.59 Å². The molecule has 0 spiro atoms. The molecule has 0 aromatic heterocycles. The van der Waals surface area contributed by atoms with Crippen LogP contribution in [0.15, 0.2) is 59.8 Å². The van der Waals surface area contributed by atoms with Crippen molar-refractivity contribution in [2.45, 2.75) is 32.7 Å². The highest BCUT2D eigenvalue weighted by Gasteiger charge is 2.42. The zero-order chi connectivity index (χ0) is 23.5. The largest absolute Gasteiger partial charge is 0.494 e. The summed E-state index contributed by atoms with van der Waals surface area (Å²) in [6.07, 6.45) is 0. The van der Waals surface area contributed by atoms with Gasteiger partial charge in [0, 0.05) is 5.69 Å². The smallest absolute Gasteiger partial charge is 0.338 e. The van der Waals surface area contributed by atoms with Crippen LogP contribution < -0.4 is 15.4 Å². The van der Waals surface area contributed by atoms with Crippen LogP contribution in [0.3, 0.4) is 0 Å². The molecule has 2 heterocycles. The summed E-state index contributed by atoms with van der Waals surface area (Å²) in [4.78, 5) is 39.3. The molecule has 2 aromatic carbocycles. The van der Waals surface area contributed by atoms with Gasteiger partial charge in [-0.2, -0.15) is 0 Å². The molecule has 4 rings (SSSR count). The van der Waals surface area contributed by atoms with Gasteiger partial charge in [0.05, 0.1) is 23.9 Å². The number of nitrogens with zero attached hydrogens (tertiary/aromatic N) is 1. The van der Waals surface area contributed by atoms with E-state index in [0.717, 1.165) is 5.56 Å². The van der Waals surface area contributed by atoms with Gasteiger partial charge in [-0.3, -0.25) is 9.69 Å². The fourth-order valence-electron chi connectivity index (χ4n) is 3.95. The first kappa shape index (κ1) is 22.4. The average molecular weight is 450 g/mol.